The number of aromatic amines is 1. The summed E-state index contributed by atoms with van der Waals surface area (Å²) in [6.07, 6.45) is 3.55. The van der Waals surface area contributed by atoms with Gasteiger partial charge in [-0.1, -0.05) is 19.1 Å². The van der Waals surface area contributed by atoms with Gasteiger partial charge < -0.3 is 19.4 Å². The molecule has 1 aliphatic heterocycles. The first-order chi connectivity index (χ1) is 17.0. The number of carbonyl (C=O) groups excluding carboxylic acids is 1. The Balaban J connectivity index is 1.38. The lowest BCUT2D eigenvalue weighted by Crippen LogP contribution is -2.46. The van der Waals surface area contributed by atoms with E-state index in [0.29, 0.717) is 16.7 Å². The Kier molecular flexibility index (Phi) is 5.29. The van der Waals surface area contributed by atoms with Crippen LogP contribution < -0.4 is 15.6 Å². The van der Waals surface area contributed by atoms with Crippen molar-refractivity contribution < 1.29 is 9.18 Å². The zero-order valence-electron chi connectivity index (χ0n) is 19.6. The van der Waals surface area contributed by atoms with Crippen molar-refractivity contribution in [1.82, 2.24) is 19.4 Å². The summed E-state index contributed by atoms with van der Waals surface area (Å²) in [6.45, 7) is 6.34. The van der Waals surface area contributed by atoms with Gasteiger partial charge in [0.2, 0.25) is 11.4 Å². The maximum atomic E-state index is 15.3. The molecule has 1 saturated heterocycles. The van der Waals surface area contributed by atoms with E-state index in [2.05, 4.69) is 27.1 Å². The highest BCUT2D eigenvalue weighted by Gasteiger charge is 2.28. The minimum atomic E-state index is -0.564. The average molecular weight is 475 g/mol. The summed E-state index contributed by atoms with van der Waals surface area (Å²) in [6, 6.07) is 10.7. The lowest BCUT2D eigenvalue weighted by atomic mass is 10.1. The summed E-state index contributed by atoms with van der Waals surface area (Å²) in [5, 5.41) is 2.93. The van der Waals surface area contributed by atoms with E-state index < -0.39 is 17.2 Å². The molecule has 2 aromatic heterocycles. The molecule has 180 valence electrons. The Morgan fingerprint density at radius 1 is 1.17 bits per heavy atom. The molecule has 0 bridgehead atoms. The van der Waals surface area contributed by atoms with Crippen LogP contribution in [0.25, 0.3) is 21.9 Å². The van der Waals surface area contributed by atoms with Gasteiger partial charge in [0.05, 0.1) is 22.2 Å². The fourth-order valence-corrected chi connectivity index (χ4v) is 4.91. The van der Waals surface area contributed by atoms with E-state index in [-0.39, 0.29) is 22.9 Å². The number of para-hydroxylation sites is 2. The van der Waals surface area contributed by atoms with Crippen LogP contribution in [0.4, 0.5) is 16.0 Å². The number of benzene rings is 2. The first kappa shape index (κ1) is 21.8. The summed E-state index contributed by atoms with van der Waals surface area (Å²) < 4.78 is 17.3. The fraction of sp³-hybridized carbons (Fsp3) is 0.346. The molecule has 2 aromatic carbocycles. The molecule has 1 amide bonds. The average Bonchev–Trinajstić information content (AvgIpc) is 3.63. The fourth-order valence-electron chi connectivity index (χ4n) is 4.91. The van der Waals surface area contributed by atoms with Gasteiger partial charge in [0.25, 0.3) is 5.91 Å². The number of carbonyl (C=O) groups is 1. The highest BCUT2D eigenvalue weighted by atomic mass is 19.1. The lowest BCUT2D eigenvalue weighted by Gasteiger charge is -2.35. The van der Waals surface area contributed by atoms with E-state index in [9.17, 15) is 9.59 Å². The summed E-state index contributed by atoms with van der Waals surface area (Å²) in [4.78, 5) is 38.3. The van der Waals surface area contributed by atoms with Gasteiger partial charge in [-0.3, -0.25) is 14.9 Å². The Labute approximate surface area is 201 Å². The number of hydrogen-bond donors (Lipinski definition) is 2. The van der Waals surface area contributed by atoms with Gasteiger partial charge in [0.1, 0.15) is 11.4 Å². The number of pyridine rings is 1. The van der Waals surface area contributed by atoms with E-state index in [1.807, 2.05) is 33.7 Å². The van der Waals surface area contributed by atoms with Crippen molar-refractivity contribution >= 4 is 39.5 Å². The summed E-state index contributed by atoms with van der Waals surface area (Å²) in [7, 11) is 0. The highest BCUT2D eigenvalue weighted by Crippen LogP contribution is 2.38. The third-order valence-corrected chi connectivity index (χ3v) is 7.07. The largest absolute Gasteiger partial charge is 0.367 e. The second kappa shape index (κ2) is 8.49. The van der Waals surface area contributed by atoms with Crippen LogP contribution in [0, 0.1) is 5.82 Å². The van der Waals surface area contributed by atoms with Gasteiger partial charge in [-0.05, 0) is 43.7 Å². The topological polar surface area (TPSA) is 86.3 Å². The molecular weight excluding hydrogens is 447 g/mol. The van der Waals surface area contributed by atoms with Gasteiger partial charge in [0, 0.05) is 43.8 Å². The minimum Gasteiger partial charge on any atom is -0.367 e. The molecule has 4 aromatic rings. The number of amides is 1. The molecule has 35 heavy (non-hydrogen) atoms. The summed E-state index contributed by atoms with van der Waals surface area (Å²) >= 11 is 0. The molecule has 0 spiro atoms. The van der Waals surface area contributed by atoms with Crippen LogP contribution in [-0.2, 0) is 0 Å². The minimum absolute atomic E-state index is 0.0198. The van der Waals surface area contributed by atoms with Crippen molar-refractivity contribution in [2.75, 3.05) is 42.9 Å². The van der Waals surface area contributed by atoms with Crippen molar-refractivity contribution in [3.05, 3.63) is 64.2 Å². The number of halogens is 1. The predicted octanol–water partition coefficient (Wildman–Crippen LogP) is 3.75. The van der Waals surface area contributed by atoms with Crippen molar-refractivity contribution in [3.8, 4) is 0 Å². The van der Waals surface area contributed by atoms with Crippen LogP contribution in [0.3, 0.4) is 0 Å². The molecule has 9 heteroatoms. The molecule has 1 aliphatic carbocycles. The van der Waals surface area contributed by atoms with Crippen LogP contribution in [0.15, 0.2) is 47.4 Å². The first-order valence-corrected chi connectivity index (χ1v) is 12.1. The zero-order valence-corrected chi connectivity index (χ0v) is 19.6. The smallest absolute Gasteiger partial charge is 0.263 e. The van der Waals surface area contributed by atoms with Crippen molar-refractivity contribution in [2.24, 2.45) is 0 Å². The SMILES string of the molecule is CCN1CCN(c2cc3c(cc2F)c(=O)c(C(=O)Nc2nc4ccccc4[nH]2)cn3C2CC2)CC1. The number of nitrogens with zero attached hydrogens (tertiary/aromatic N) is 4. The number of anilines is 2. The number of nitrogens with one attached hydrogen (secondary N) is 2. The van der Waals surface area contributed by atoms with Gasteiger partial charge in [-0.25, -0.2) is 9.37 Å². The number of fused-ring (bicyclic) bond motifs is 2. The van der Waals surface area contributed by atoms with E-state index in [0.717, 1.165) is 51.1 Å². The Morgan fingerprint density at radius 2 is 1.94 bits per heavy atom. The number of H-pyrrole nitrogens is 1. The Morgan fingerprint density at radius 3 is 2.66 bits per heavy atom. The van der Waals surface area contributed by atoms with Crippen LogP contribution in [-0.4, -0.2) is 58.1 Å². The summed E-state index contributed by atoms with van der Waals surface area (Å²) in [5.74, 6) is -0.733. The van der Waals surface area contributed by atoms with Crippen molar-refractivity contribution in [3.63, 3.8) is 0 Å². The number of piperazine rings is 1. The molecule has 0 radical (unpaired) electrons. The van der Waals surface area contributed by atoms with E-state index in [4.69, 9.17) is 0 Å². The van der Waals surface area contributed by atoms with Crippen molar-refractivity contribution in [1.29, 1.82) is 0 Å². The Hall–Kier alpha value is -3.72. The molecule has 2 N–H and O–H groups in total. The quantitative estimate of drug-likeness (QED) is 0.460. The number of hydrogen-bond acceptors (Lipinski definition) is 5. The summed E-state index contributed by atoms with van der Waals surface area (Å²) in [5.41, 5.74) is 2.19. The molecule has 8 nitrogen and oxygen atoms in total. The van der Waals surface area contributed by atoms with Gasteiger partial charge >= 0.3 is 0 Å². The van der Waals surface area contributed by atoms with Gasteiger partial charge in [-0.15, -0.1) is 0 Å². The second-order valence-electron chi connectivity index (χ2n) is 9.31. The molecule has 0 atom stereocenters. The van der Waals surface area contributed by atoms with Crippen molar-refractivity contribution in [2.45, 2.75) is 25.8 Å². The van der Waals surface area contributed by atoms with Gasteiger partial charge in [-0.2, -0.15) is 0 Å². The number of likely N-dealkylation sites (N-methyl/N-ethyl adjacent to an activating group) is 1. The number of rotatable bonds is 5. The Bertz CT molecular complexity index is 1460. The maximum absolute atomic E-state index is 15.3. The molecule has 2 fully saturated rings. The third-order valence-electron chi connectivity index (χ3n) is 7.07. The first-order valence-electron chi connectivity index (χ1n) is 12.1. The standard InChI is InChI=1S/C26H27FN6O2/c1-2-31-9-11-32(12-10-31)23-14-22-17(13-19(23)27)24(34)18(15-33(22)16-7-8-16)25(35)30-26-28-20-5-3-4-6-21(20)29-26/h3-6,13-16H,2,7-12H2,1H3,(H2,28,29,30,35). The maximum Gasteiger partial charge on any atom is 0.263 e. The number of imidazole rings is 1. The molecule has 3 heterocycles. The molecular formula is C26H27FN6O2. The van der Waals surface area contributed by atoms with Crippen LogP contribution >= 0.6 is 0 Å². The molecule has 2 aliphatic rings. The van der Waals surface area contributed by atoms with E-state index in [1.54, 1.807) is 12.3 Å². The predicted molar refractivity (Wildman–Crippen MR) is 135 cm³/mol. The van der Waals surface area contributed by atoms with E-state index >= 15 is 4.39 Å². The van der Waals surface area contributed by atoms with Crippen LogP contribution in [0.1, 0.15) is 36.2 Å². The normalized spacial score (nSPS) is 16.8. The van der Waals surface area contributed by atoms with E-state index in [1.165, 1.54) is 6.07 Å². The third kappa shape index (κ3) is 3.95. The van der Waals surface area contributed by atoms with Gasteiger partial charge in [0.15, 0.2) is 0 Å². The zero-order chi connectivity index (χ0) is 24.1. The number of aromatic nitrogens is 3. The second-order valence-corrected chi connectivity index (χ2v) is 9.31. The highest BCUT2D eigenvalue weighted by molar-refractivity contribution is 6.05. The lowest BCUT2D eigenvalue weighted by molar-refractivity contribution is 0.102. The van der Waals surface area contributed by atoms with Crippen LogP contribution in [0.5, 0.6) is 0 Å². The molecule has 6 rings (SSSR count). The molecule has 0 unspecified atom stereocenters. The monoisotopic (exact) mass is 474 g/mol. The molecule has 1 saturated carbocycles. The van der Waals surface area contributed by atoms with Crippen LogP contribution in [0.2, 0.25) is 0 Å².